The Morgan fingerprint density at radius 3 is 2.50 bits per heavy atom. The molecule has 0 aromatic heterocycles. The van der Waals surface area contributed by atoms with E-state index >= 15 is 0 Å². The lowest BCUT2D eigenvalue weighted by Crippen LogP contribution is -2.56. The molecule has 20 heavy (non-hydrogen) atoms. The number of carbonyl (C=O) groups excluding carboxylic acids is 1. The molecule has 0 spiro atoms. The number of allylic oxidation sites excluding steroid dienone is 1. The molecule has 3 N–H and O–H groups in total. The third kappa shape index (κ3) is 3.87. The number of unbranched alkanes of at least 4 members (excludes halogenated alkanes) is 1. The number of carbonyl (C=O) groups is 1. The quantitative estimate of drug-likeness (QED) is 0.412. The summed E-state index contributed by atoms with van der Waals surface area (Å²) in [5.74, 6) is 0.888. The van der Waals surface area contributed by atoms with E-state index in [-0.39, 0.29) is 5.92 Å². The van der Waals surface area contributed by atoms with E-state index in [9.17, 15) is 14.7 Å². The van der Waals surface area contributed by atoms with Gasteiger partial charge in [-0.25, -0.2) is 4.79 Å². The monoisotopic (exact) mass is 278 g/mol. The molecule has 1 heterocycles. The molecule has 0 aromatic rings. The van der Waals surface area contributed by atoms with Gasteiger partial charge in [-0.3, -0.25) is 4.79 Å². The number of hydrogen-bond acceptors (Lipinski definition) is 4. The summed E-state index contributed by atoms with van der Waals surface area (Å²) in [6.45, 7) is 3.05. The summed E-state index contributed by atoms with van der Waals surface area (Å²) >= 11 is 0. The molecule has 110 valence electrons. The molecule has 1 aliphatic rings. The standard InChI is InChI=1S/C14H23BN2O3/c1-11(10-18)17-8-4-12(5-9-17)14(16,13(19)20)6-2-3-7-15/h12H,2-9,16H2,1H3,(H,19,20). The number of likely N-dealkylation sites (tertiary alicyclic amines) is 1. The fourth-order valence-electron chi connectivity index (χ4n) is 2.84. The van der Waals surface area contributed by atoms with Gasteiger partial charge >= 0.3 is 5.97 Å². The van der Waals surface area contributed by atoms with E-state index in [0.717, 1.165) is 12.8 Å². The minimum absolute atomic E-state index is 0.0616. The number of piperidine rings is 1. The van der Waals surface area contributed by atoms with Crippen molar-refractivity contribution in [2.75, 3.05) is 13.1 Å². The van der Waals surface area contributed by atoms with Crippen LogP contribution in [0.2, 0.25) is 6.32 Å². The van der Waals surface area contributed by atoms with Crippen LogP contribution in [0.25, 0.3) is 0 Å². The van der Waals surface area contributed by atoms with Crippen molar-refractivity contribution >= 4 is 19.8 Å². The van der Waals surface area contributed by atoms with Gasteiger partial charge in [-0.2, -0.15) is 0 Å². The van der Waals surface area contributed by atoms with Crippen LogP contribution in [0.4, 0.5) is 0 Å². The Bertz CT molecular complexity index is 388. The average molecular weight is 278 g/mol. The Hall–Kier alpha value is -1.26. The van der Waals surface area contributed by atoms with E-state index in [1.807, 2.05) is 10.8 Å². The van der Waals surface area contributed by atoms with Crippen molar-refractivity contribution in [3.05, 3.63) is 5.70 Å². The van der Waals surface area contributed by atoms with Crippen molar-refractivity contribution in [1.29, 1.82) is 0 Å². The molecule has 1 saturated heterocycles. The maximum Gasteiger partial charge on any atom is 0.323 e. The molecule has 1 atom stereocenters. The molecule has 5 nitrogen and oxygen atoms in total. The Morgan fingerprint density at radius 1 is 1.45 bits per heavy atom. The van der Waals surface area contributed by atoms with Crippen LogP contribution in [0.3, 0.4) is 0 Å². The van der Waals surface area contributed by atoms with Gasteiger partial charge in [-0.1, -0.05) is 19.2 Å². The number of hydrogen-bond donors (Lipinski definition) is 2. The van der Waals surface area contributed by atoms with E-state index < -0.39 is 11.5 Å². The SMILES string of the molecule is [B]CCCCC(N)(C(=O)O)C1CCN(C(C)=C=O)CC1. The Balaban J connectivity index is 2.66. The number of nitrogens with two attached hydrogens (primary N) is 1. The molecular weight excluding hydrogens is 255 g/mol. The highest BCUT2D eigenvalue weighted by molar-refractivity contribution is 6.08. The topological polar surface area (TPSA) is 83.6 Å². The molecule has 1 fully saturated rings. The lowest BCUT2D eigenvalue weighted by atomic mass is 9.75. The van der Waals surface area contributed by atoms with Crippen LogP contribution < -0.4 is 5.73 Å². The van der Waals surface area contributed by atoms with Gasteiger partial charge in [0.1, 0.15) is 11.5 Å². The van der Waals surface area contributed by atoms with E-state index in [1.54, 1.807) is 6.92 Å². The van der Waals surface area contributed by atoms with Gasteiger partial charge in [-0.15, -0.1) is 0 Å². The number of carboxylic acid groups (broad SMARTS) is 1. The van der Waals surface area contributed by atoms with Crippen LogP contribution in [-0.4, -0.2) is 48.4 Å². The predicted molar refractivity (Wildman–Crippen MR) is 78.1 cm³/mol. The third-order valence-electron chi connectivity index (χ3n) is 4.29. The highest BCUT2D eigenvalue weighted by Gasteiger charge is 2.42. The van der Waals surface area contributed by atoms with Crippen LogP contribution in [0.1, 0.15) is 39.0 Å². The Kier molecular flexibility index (Phi) is 6.31. The van der Waals surface area contributed by atoms with Crippen molar-refractivity contribution in [1.82, 2.24) is 4.90 Å². The predicted octanol–water partition coefficient (Wildman–Crippen LogP) is 0.973. The van der Waals surface area contributed by atoms with E-state index in [2.05, 4.69) is 0 Å². The van der Waals surface area contributed by atoms with Gasteiger partial charge in [0.05, 0.1) is 13.5 Å². The highest BCUT2D eigenvalue weighted by Crippen LogP contribution is 2.31. The van der Waals surface area contributed by atoms with Gasteiger partial charge < -0.3 is 15.7 Å². The second-order valence-corrected chi connectivity index (χ2v) is 5.54. The van der Waals surface area contributed by atoms with Crippen LogP contribution in [0, 0.1) is 5.92 Å². The maximum absolute atomic E-state index is 11.5. The summed E-state index contributed by atoms with van der Waals surface area (Å²) in [5, 5.41) is 9.47. The number of nitrogens with zero attached hydrogens (tertiary/aromatic N) is 1. The molecule has 1 rings (SSSR count). The van der Waals surface area contributed by atoms with Crippen LogP contribution in [0.15, 0.2) is 5.70 Å². The molecule has 1 unspecified atom stereocenters. The van der Waals surface area contributed by atoms with Gasteiger partial charge in [0.15, 0.2) is 0 Å². The van der Waals surface area contributed by atoms with Crippen LogP contribution in [-0.2, 0) is 9.59 Å². The Morgan fingerprint density at radius 2 is 2.05 bits per heavy atom. The molecule has 0 amide bonds. The highest BCUT2D eigenvalue weighted by atomic mass is 16.4. The van der Waals surface area contributed by atoms with E-state index in [1.165, 1.54) is 0 Å². The summed E-state index contributed by atoms with van der Waals surface area (Å²) in [6, 6.07) is 0. The zero-order valence-electron chi connectivity index (χ0n) is 12.1. The van der Waals surface area contributed by atoms with Crippen molar-refractivity contribution in [2.24, 2.45) is 11.7 Å². The Labute approximate surface area is 121 Å². The molecule has 1 aliphatic heterocycles. The van der Waals surface area contributed by atoms with Gasteiger partial charge in [-0.05, 0) is 32.1 Å². The molecule has 0 bridgehead atoms. The first-order valence-corrected chi connectivity index (χ1v) is 7.14. The minimum atomic E-state index is -1.18. The smallest absolute Gasteiger partial charge is 0.323 e. The largest absolute Gasteiger partial charge is 0.480 e. The molecule has 0 aliphatic carbocycles. The fourth-order valence-corrected chi connectivity index (χ4v) is 2.84. The summed E-state index contributed by atoms with van der Waals surface area (Å²) in [6.07, 6.45) is 3.89. The number of carboxylic acids is 1. The number of rotatable bonds is 7. The minimum Gasteiger partial charge on any atom is -0.480 e. The number of aliphatic carboxylic acids is 1. The fraction of sp³-hybridized carbons (Fsp3) is 0.786. The lowest BCUT2D eigenvalue weighted by molar-refractivity contribution is -0.146. The van der Waals surface area contributed by atoms with Crippen molar-refractivity contribution in [3.63, 3.8) is 0 Å². The molecular formula is C14H23BN2O3. The second kappa shape index (κ2) is 7.51. The van der Waals surface area contributed by atoms with Gasteiger partial charge in [0, 0.05) is 13.1 Å². The lowest BCUT2D eigenvalue weighted by Gasteiger charge is -2.40. The first-order valence-electron chi connectivity index (χ1n) is 7.14. The summed E-state index contributed by atoms with van der Waals surface area (Å²) in [4.78, 5) is 24.1. The van der Waals surface area contributed by atoms with E-state index in [4.69, 9.17) is 13.6 Å². The van der Waals surface area contributed by atoms with Crippen LogP contribution in [0.5, 0.6) is 0 Å². The summed E-state index contributed by atoms with van der Waals surface area (Å²) in [5.41, 5.74) is 5.56. The van der Waals surface area contributed by atoms with Crippen molar-refractivity contribution in [3.8, 4) is 0 Å². The first kappa shape index (κ1) is 16.8. The molecule has 0 aromatic carbocycles. The normalized spacial score (nSPS) is 19.2. The summed E-state index contributed by atoms with van der Waals surface area (Å²) < 4.78 is 0. The molecule has 6 heteroatoms. The van der Waals surface area contributed by atoms with Crippen molar-refractivity contribution in [2.45, 2.75) is 50.9 Å². The zero-order valence-corrected chi connectivity index (χ0v) is 12.1. The van der Waals surface area contributed by atoms with Gasteiger partial charge in [0.2, 0.25) is 0 Å². The molecule has 2 radical (unpaired) electrons. The van der Waals surface area contributed by atoms with E-state index in [0.29, 0.717) is 44.4 Å². The maximum atomic E-state index is 11.5. The third-order valence-corrected chi connectivity index (χ3v) is 4.29. The average Bonchev–Trinajstić information content (AvgIpc) is 2.46. The van der Waals surface area contributed by atoms with Crippen LogP contribution >= 0.6 is 0 Å². The zero-order chi connectivity index (χ0) is 15.2. The second-order valence-electron chi connectivity index (χ2n) is 5.54. The molecule has 0 saturated carbocycles. The first-order chi connectivity index (χ1) is 9.45. The van der Waals surface area contributed by atoms with Crippen molar-refractivity contribution < 1.29 is 14.7 Å². The summed E-state index contributed by atoms with van der Waals surface area (Å²) in [7, 11) is 5.45. The van der Waals surface area contributed by atoms with Gasteiger partial charge in [0.25, 0.3) is 0 Å².